The van der Waals surface area contributed by atoms with Crippen LogP contribution in [0.5, 0.6) is 0 Å². The lowest BCUT2D eigenvalue weighted by Crippen LogP contribution is -2.27. The van der Waals surface area contributed by atoms with Gasteiger partial charge in [-0.05, 0) is 140 Å². The summed E-state index contributed by atoms with van der Waals surface area (Å²) in [6.07, 6.45) is 9.80. The summed E-state index contributed by atoms with van der Waals surface area (Å²) in [7, 11) is 0. The highest BCUT2D eigenvalue weighted by Crippen LogP contribution is 2.69. The molecule has 3 heterocycles. The van der Waals surface area contributed by atoms with Crippen LogP contribution in [0, 0.1) is 0 Å². The Morgan fingerprint density at radius 1 is 0.227 bits per heavy atom. The molecule has 75 heavy (non-hydrogen) atoms. The molecule has 4 heteroatoms. The van der Waals surface area contributed by atoms with Gasteiger partial charge in [0.15, 0.2) is 0 Å². The molecule has 3 spiro atoms. The minimum Gasteiger partial charge on any atom is -0.264 e. The average molecular weight is 949 g/mol. The third-order valence-electron chi connectivity index (χ3n) is 18.2. The maximum atomic E-state index is 5.43. The summed E-state index contributed by atoms with van der Waals surface area (Å²) in [5.74, 6) is 0. The van der Waals surface area contributed by atoms with Gasteiger partial charge in [0, 0.05) is 41.5 Å². The van der Waals surface area contributed by atoms with Gasteiger partial charge in [0.05, 0.1) is 27.6 Å². The number of aromatic nitrogens is 4. The normalized spacial score (nSPS) is 17.8. The lowest BCUT2D eigenvalue weighted by atomic mass is 9.70. The van der Waals surface area contributed by atoms with Crippen molar-refractivity contribution < 1.29 is 0 Å². The molecule has 6 aliphatic carbocycles. The Kier molecular flexibility index (Phi) is 7.39. The monoisotopic (exact) mass is 948 g/mol. The maximum absolute atomic E-state index is 5.43. The van der Waals surface area contributed by atoms with Crippen molar-refractivity contribution in [3.8, 4) is 89.1 Å². The predicted octanol–water partition coefficient (Wildman–Crippen LogP) is 15.6. The first kappa shape index (κ1) is 39.9. The third-order valence-corrected chi connectivity index (χ3v) is 18.2. The van der Waals surface area contributed by atoms with Crippen molar-refractivity contribution in [1.29, 1.82) is 0 Å². The summed E-state index contributed by atoms with van der Waals surface area (Å²) >= 11 is 0. The second-order valence-corrected chi connectivity index (χ2v) is 21.0. The highest BCUT2D eigenvalue weighted by Gasteiger charge is 2.57. The Labute approximate surface area is 433 Å². The number of fused-ring (bicyclic) bond motifs is 30. The van der Waals surface area contributed by atoms with Crippen LogP contribution in [0.4, 0.5) is 0 Å². The smallest absolute Gasteiger partial charge is 0.115 e. The van der Waals surface area contributed by atoms with E-state index in [0.29, 0.717) is 0 Å². The van der Waals surface area contributed by atoms with Gasteiger partial charge in [-0.2, -0.15) is 0 Å². The largest absolute Gasteiger partial charge is 0.264 e. The van der Waals surface area contributed by atoms with E-state index in [0.717, 1.165) is 17.0 Å². The molecule has 2 atom stereocenters. The second-order valence-electron chi connectivity index (χ2n) is 21.0. The van der Waals surface area contributed by atoms with Crippen LogP contribution in [-0.2, 0) is 16.2 Å². The first-order chi connectivity index (χ1) is 37.3. The van der Waals surface area contributed by atoms with E-state index in [9.17, 15) is 0 Å². The summed E-state index contributed by atoms with van der Waals surface area (Å²) in [5, 5.41) is 0. The molecule has 0 amide bonds. The SMILES string of the molecule is c1ccc2c(c1)-c1ccccc1C21c2ccncc2-c2c(-c3cccc4c3-c3ccccc3C43c4cccnc4-c4c(-c5cccc6c5-c5ccccc5C65c6ccccc6-c6cncnc65)cccc43)cccc21. The van der Waals surface area contributed by atoms with Crippen LogP contribution in [0.1, 0.15) is 66.9 Å². The molecular weight excluding hydrogens is 909 g/mol. The number of hydrogen-bond acceptors (Lipinski definition) is 4. The fraction of sp³-hybridized carbons (Fsp3) is 0.0423. The molecule has 12 aromatic rings. The van der Waals surface area contributed by atoms with Gasteiger partial charge in [-0.3, -0.25) is 9.97 Å². The zero-order valence-electron chi connectivity index (χ0n) is 40.4. The van der Waals surface area contributed by atoms with Crippen LogP contribution in [0.15, 0.2) is 243 Å². The summed E-state index contributed by atoms with van der Waals surface area (Å²) in [4.78, 5) is 20.0. The summed E-state index contributed by atoms with van der Waals surface area (Å²) in [5.41, 5.74) is 32.7. The van der Waals surface area contributed by atoms with Gasteiger partial charge in [-0.15, -0.1) is 0 Å². The summed E-state index contributed by atoms with van der Waals surface area (Å²) in [6.45, 7) is 0. The van der Waals surface area contributed by atoms with Crippen molar-refractivity contribution in [2.75, 3.05) is 0 Å². The fourth-order valence-electron chi connectivity index (χ4n) is 15.9. The van der Waals surface area contributed by atoms with Crippen molar-refractivity contribution >= 4 is 0 Å². The predicted molar refractivity (Wildman–Crippen MR) is 297 cm³/mol. The Bertz CT molecular complexity index is 4200. The molecule has 0 saturated carbocycles. The van der Waals surface area contributed by atoms with Crippen LogP contribution >= 0.6 is 0 Å². The van der Waals surface area contributed by atoms with Crippen molar-refractivity contribution in [1.82, 2.24) is 19.9 Å². The van der Waals surface area contributed by atoms with E-state index in [-0.39, 0.29) is 0 Å². The van der Waals surface area contributed by atoms with Crippen molar-refractivity contribution in [2.45, 2.75) is 16.2 Å². The molecule has 6 aliphatic rings. The van der Waals surface area contributed by atoms with Gasteiger partial charge >= 0.3 is 0 Å². The van der Waals surface area contributed by atoms with Crippen LogP contribution in [-0.4, -0.2) is 19.9 Å². The molecule has 0 saturated heterocycles. The first-order valence-electron chi connectivity index (χ1n) is 26.0. The Balaban J connectivity index is 0.897. The van der Waals surface area contributed by atoms with Crippen LogP contribution in [0.3, 0.4) is 0 Å². The molecule has 9 aromatic carbocycles. The zero-order chi connectivity index (χ0) is 48.8. The molecule has 2 unspecified atom stereocenters. The second kappa shape index (κ2) is 13.9. The lowest BCUT2D eigenvalue weighted by Gasteiger charge is -2.31. The van der Waals surface area contributed by atoms with Crippen molar-refractivity contribution in [3.05, 3.63) is 310 Å². The molecule has 18 rings (SSSR count). The van der Waals surface area contributed by atoms with E-state index in [2.05, 4.69) is 224 Å². The van der Waals surface area contributed by atoms with Crippen molar-refractivity contribution in [2.24, 2.45) is 0 Å². The lowest BCUT2D eigenvalue weighted by molar-refractivity contribution is 0.756. The molecule has 3 aromatic heterocycles. The average Bonchev–Trinajstić information content (AvgIpc) is 4.40. The summed E-state index contributed by atoms with van der Waals surface area (Å²) in [6, 6.07) is 79.9. The number of rotatable bonds is 2. The van der Waals surface area contributed by atoms with E-state index >= 15 is 0 Å². The molecule has 0 aliphatic heterocycles. The quantitative estimate of drug-likeness (QED) is 0.173. The van der Waals surface area contributed by atoms with Gasteiger partial charge in [0.1, 0.15) is 6.33 Å². The highest BCUT2D eigenvalue weighted by atomic mass is 14.9. The van der Waals surface area contributed by atoms with Gasteiger partial charge in [0.25, 0.3) is 0 Å². The van der Waals surface area contributed by atoms with Gasteiger partial charge in [-0.25, -0.2) is 9.97 Å². The number of nitrogens with zero attached hydrogens (tertiary/aromatic N) is 4. The molecule has 0 bridgehead atoms. The molecule has 344 valence electrons. The minimum atomic E-state index is -0.643. The number of hydrogen-bond donors (Lipinski definition) is 0. The number of pyridine rings is 2. The van der Waals surface area contributed by atoms with Crippen molar-refractivity contribution in [3.63, 3.8) is 0 Å². The highest BCUT2D eigenvalue weighted by molar-refractivity contribution is 6.08. The molecule has 0 N–H and O–H groups in total. The van der Waals surface area contributed by atoms with E-state index < -0.39 is 16.2 Å². The zero-order valence-corrected chi connectivity index (χ0v) is 40.4. The molecule has 0 radical (unpaired) electrons. The first-order valence-corrected chi connectivity index (χ1v) is 26.0. The van der Waals surface area contributed by atoms with E-state index in [1.807, 2.05) is 18.6 Å². The summed E-state index contributed by atoms with van der Waals surface area (Å²) < 4.78 is 0. The van der Waals surface area contributed by atoms with E-state index in [1.165, 1.54) is 139 Å². The van der Waals surface area contributed by atoms with Gasteiger partial charge in [0.2, 0.25) is 0 Å². The minimum absolute atomic E-state index is 0.477. The van der Waals surface area contributed by atoms with E-state index in [4.69, 9.17) is 15.0 Å². The Hall–Kier alpha value is -9.64. The van der Waals surface area contributed by atoms with Crippen LogP contribution in [0.2, 0.25) is 0 Å². The topological polar surface area (TPSA) is 51.6 Å². The Morgan fingerprint density at radius 2 is 0.600 bits per heavy atom. The van der Waals surface area contributed by atoms with Crippen LogP contribution in [0.25, 0.3) is 89.1 Å². The third kappa shape index (κ3) is 4.41. The molecular formula is C71H40N4. The van der Waals surface area contributed by atoms with Gasteiger partial charge in [-0.1, -0.05) is 200 Å². The molecule has 0 fully saturated rings. The standard InChI is InChI=1S/C71H40N4/c1-6-25-52-41(16-1)42-17-2-7-26-53(42)69(52)57-35-37-72-39-51(57)65-45(22-12-31-59(65)69)44-21-11-30-58-63(44)48-19-4-9-28-55(48)70(58)61-33-14-24-47(66(61)67-62(70)34-15-36-74-67)46-23-13-32-60-64(46)49-20-5-10-29-56(49)71(60)54-27-8-3-18-43(54)50-38-73-40-75-68(50)71/h1-40H. The fourth-order valence-corrected chi connectivity index (χ4v) is 15.9. The Morgan fingerprint density at radius 3 is 1.19 bits per heavy atom. The van der Waals surface area contributed by atoms with E-state index in [1.54, 1.807) is 6.33 Å². The number of benzene rings is 9. The molecule has 4 nitrogen and oxygen atoms in total. The van der Waals surface area contributed by atoms with Crippen LogP contribution < -0.4 is 0 Å². The van der Waals surface area contributed by atoms with Gasteiger partial charge < -0.3 is 0 Å². The maximum Gasteiger partial charge on any atom is 0.115 e.